The number of benzene rings is 1. The van der Waals surface area contributed by atoms with E-state index in [2.05, 4.69) is 24.0 Å². The maximum atomic E-state index is 14.5. The van der Waals surface area contributed by atoms with Gasteiger partial charge in [0.2, 0.25) is 0 Å². The van der Waals surface area contributed by atoms with Crippen LogP contribution in [0.15, 0.2) is 30.3 Å². The van der Waals surface area contributed by atoms with Crippen LogP contribution in [0.3, 0.4) is 0 Å². The van der Waals surface area contributed by atoms with Crippen LogP contribution in [0.25, 0.3) is 11.3 Å². The van der Waals surface area contributed by atoms with Crippen LogP contribution in [0.5, 0.6) is 5.75 Å². The highest BCUT2D eigenvalue weighted by atomic mass is 19.1. The van der Waals surface area contributed by atoms with Gasteiger partial charge in [-0.2, -0.15) is 10.2 Å². The third kappa shape index (κ3) is 6.52. The zero-order chi connectivity index (χ0) is 20.5. The Hall–Kier alpha value is -1.97. The normalized spacial score (nSPS) is 19.3. The summed E-state index contributed by atoms with van der Waals surface area (Å²) in [5.41, 5.74) is 2.05. The summed E-state index contributed by atoms with van der Waals surface area (Å²) >= 11 is 0. The van der Waals surface area contributed by atoms with Crippen LogP contribution < -0.4 is 4.74 Å². The van der Waals surface area contributed by atoms with Crippen molar-refractivity contribution in [2.75, 3.05) is 6.61 Å². The van der Waals surface area contributed by atoms with Crippen LogP contribution in [-0.4, -0.2) is 16.8 Å². The topological polar surface area (TPSA) is 35.0 Å². The van der Waals surface area contributed by atoms with Gasteiger partial charge in [-0.15, -0.1) is 0 Å². The first-order chi connectivity index (χ1) is 14.2. The van der Waals surface area contributed by atoms with E-state index >= 15 is 0 Å². The molecule has 0 atom stereocenters. The minimum absolute atomic E-state index is 0.312. The van der Waals surface area contributed by atoms with E-state index in [1.807, 2.05) is 18.2 Å². The molecule has 0 N–H and O–H groups in total. The molecule has 1 aromatic heterocycles. The molecule has 1 saturated carbocycles. The highest BCUT2D eigenvalue weighted by Crippen LogP contribution is 2.33. The minimum Gasteiger partial charge on any atom is -0.493 e. The van der Waals surface area contributed by atoms with E-state index in [0.717, 1.165) is 43.2 Å². The second kappa shape index (κ2) is 11.3. The molecule has 3 nitrogen and oxygen atoms in total. The van der Waals surface area contributed by atoms with Gasteiger partial charge in [-0.25, -0.2) is 4.39 Å². The number of halogens is 1. The van der Waals surface area contributed by atoms with Gasteiger partial charge in [0.1, 0.15) is 11.6 Å². The second-order valence-electron chi connectivity index (χ2n) is 8.44. The zero-order valence-corrected chi connectivity index (χ0v) is 18.0. The maximum Gasteiger partial charge on any atom is 0.136 e. The van der Waals surface area contributed by atoms with E-state index in [1.54, 1.807) is 6.07 Å². The summed E-state index contributed by atoms with van der Waals surface area (Å²) in [6, 6.07) is 8.88. The summed E-state index contributed by atoms with van der Waals surface area (Å²) in [7, 11) is 0. The van der Waals surface area contributed by atoms with Gasteiger partial charge in [-0.3, -0.25) is 0 Å². The summed E-state index contributed by atoms with van der Waals surface area (Å²) < 4.78 is 20.1. The van der Waals surface area contributed by atoms with Crippen molar-refractivity contribution in [3.05, 3.63) is 41.8 Å². The van der Waals surface area contributed by atoms with E-state index in [9.17, 15) is 4.39 Å². The number of hydrogen-bond acceptors (Lipinski definition) is 3. The van der Waals surface area contributed by atoms with Crippen LogP contribution in [0.2, 0.25) is 0 Å². The quantitative estimate of drug-likeness (QED) is 0.404. The molecule has 0 aliphatic heterocycles. The van der Waals surface area contributed by atoms with Gasteiger partial charge >= 0.3 is 0 Å². The molecule has 0 bridgehead atoms. The fraction of sp³-hybridized carbons (Fsp3) is 0.600. The molecule has 4 heteroatoms. The Morgan fingerprint density at radius 2 is 1.76 bits per heavy atom. The molecule has 3 rings (SSSR count). The molecular weight excluding hydrogens is 363 g/mol. The average Bonchev–Trinajstić information content (AvgIpc) is 2.76. The minimum atomic E-state index is -0.312. The molecule has 158 valence electrons. The molecule has 0 radical (unpaired) electrons. The molecule has 29 heavy (non-hydrogen) atoms. The molecule has 1 aliphatic carbocycles. The lowest BCUT2D eigenvalue weighted by atomic mass is 9.79. The molecule has 0 unspecified atom stereocenters. The highest BCUT2D eigenvalue weighted by molar-refractivity contribution is 5.60. The molecule has 1 heterocycles. The third-order valence-corrected chi connectivity index (χ3v) is 6.31. The standard InChI is InChI=1S/C25H35FN2O/c1-3-5-6-17-29-22-14-15-23(24(26)18-22)25-16-13-21(27-28-25)12-11-20-9-7-19(4-2)8-10-20/h13-16,18-20H,3-12,17H2,1-2H3. The lowest BCUT2D eigenvalue weighted by molar-refractivity contribution is 0.258. The van der Waals surface area contributed by atoms with Crippen molar-refractivity contribution in [2.24, 2.45) is 11.8 Å². The predicted molar refractivity (Wildman–Crippen MR) is 117 cm³/mol. The van der Waals surface area contributed by atoms with Gasteiger partial charge in [0, 0.05) is 11.6 Å². The van der Waals surface area contributed by atoms with Crippen molar-refractivity contribution in [2.45, 2.75) is 78.1 Å². The smallest absolute Gasteiger partial charge is 0.136 e. The average molecular weight is 399 g/mol. The van der Waals surface area contributed by atoms with Crippen molar-refractivity contribution in [1.82, 2.24) is 10.2 Å². The first-order valence-electron chi connectivity index (χ1n) is 11.4. The Morgan fingerprint density at radius 1 is 0.966 bits per heavy atom. The number of unbranched alkanes of at least 4 members (excludes halogenated alkanes) is 2. The van der Waals surface area contributed by atoms with Crippen LogP contribution in [0.4, 0.5) is 4.39 Å². The first kappa shape index (κ1) is 21.7. The lowest BCUT2D eigenvalue weighted by Crippen LogP contribution is -2.14. The second-order valence-corrected chi connectivity index (χ2v) is 8.44. The van der Waals surface area contributed by atoms with Crippen molar-refractivity contribution in [3.63, 3.8) is 0 Å². The van der Waals surface area contributed by atoms with Gasteiger partial charge in [-0.1, -0.05) is 58.8 Å². The lowest BCUT2D eigenvalue weighted by Gasteiger charge is -2.27. The van der Waals surface area contributed by atoms with Crippen molar-refractivity contribution in [1.29, 1.82) is 0 Å². The van der Waals surface area contributed by atoms with Crippen molar-refractivity contribution >= 4 is 0 Å². The summed E-state index contributed by atoms with van der Waals surface area (Å²) in [4.78, 5) is 0. The fourth-order valence-corrected chi connectivity index (χ4v) is 4.25. The Morgan fingerprint density at radius 3 is 2.41 bits per heavy atom. The van der Waals surface area contributed by atoms with E-state index < -0.39 is 0 Å². The summed E-state index contributed by atoms with van der Waals surface area (Å²) in [6.07, 6.45) is 12.2. The number of aromatic nitrogens is 2. The number of ether oxygens (including phenoxy) is 1. The molecule has 1 aliphatic rings. The summed E-state index contributed by atoms with van der Waals surface area (Å²) in [5, 5.41) is 8.64. The fourth-order valence-electron chi connectivity index (χ4n) is 4.25. The van der Waals surface area contributed by atoms with E-state index in [0.29, 0.717) is 23.6 Å². The molecule has 0 saturated heterocycles. The van der Waals surface area contributed by atoms with Gasteiger partial charge in [0.05, 0.1) is 18.0 Å². The molecular formula is C25H35FN2O. The summed E-state index contributed by atoms with van der Waals surface area (Å²) in [6.45, 7) is 5.08. The number of hydrogen-bond donors (Lipinski definition) is 0. The SMILES string of the molecule is CCCCCOc1ccc(-c2ccc(CCC3CCC(CC)CC3)nn2)c(F)c1. The Balaban J connectivity index is 1.51. The predicted octanol–water partition coefficient (Wildman–Crippen LogP) is 7.00. The number of aryl methyl sites for hydroxylation is 1. The monoisotopic (exact) mass is 398 g/mol. The maximum absolute atomic E-state index is 14.5. The van der Waals surface area contributed by atoms with Crippen LogP contribution in [0.1, 0.15) is 77.3 Å². The van der Waals surface area contributed by atoms with Crippen molar-refractivity contribution < 1.29 is 9.13 Å². The Labute approximate surface area is 175 Å². The first-order valence-corrected chi connectivity index (χ1v) is 11.4. The van der Waals surface area contributed by atoms with Gasteiger partial charge < -0.3 is 4.74 Å². The molecule has 0 spiro atoms. The van der Waals surface area contributed by atoms with Gasteiger partial charge in [0.15, 0.2) is 0 Å². The Kier molecular flexibility index (Phi) is 8.45. The highest BCUT2D eigenvalue weighted by Gasteiger charge is 2.20. The molecule has 1 fully saturated rings. The van der Waals surface area contributed by atoms with Gasteiger partial charge in [0.25, 0.3) is 0 Å². The van der Waals surface area contributed by atoms with E-state index in [4.69, 9.17) is 4.74 Å². The number of rotatable bonds is 10. The van der Waals surface area contributed by atoms with Gasteiger partial charge in [-0.05, 0) is 55.4 Å². The van der Waals surface area contributed by atoms with Crippen LogP contribution in [-0.2, 0) is 6.42 Å². The largest absolute Gasteiger partial charge is 0.493 e. The van der Waals surface area contributed by atoms with Crippen molar-refractivity contribution in [3.8, 4) is 17.0 Å². The summed E-state index contributed by atoms with van der Waals surface area (Å²) in [5.74, 6) is 2.02. The molecule has 0 amide bonds. The molecule has 1 aromatic carbocycles. The van der Waals surface area contributed by atoms with E-state index in [1.165, 1.54) is 44.6 Å². The third-order valence-electron chi connectivity index (χ3n) is 6.31. The van der Waals surface area contributed by atoms with Crippen LogP contribution in [0, 0.1) is 17.7 Å². The molecule has 2 aromatic rings. The van der Waals surface area contributed by atoms with Crippen LogP contribution >= 0.6 is 0 Å². The number of nitrogens with zero attached hydrogens (tertiary/aromatic N) is 2. The zero-order valence-electron chi connectivity index (χ0n) is 18.0. The Bertz CT molecular complexity index is 739. The van der Waals surface area contributed by atoms with E-state index in [-0.39, 0.29) is 5.82 Å².